The maximum Gasteiger partial charge on any atom is 0.322 e. The molecule has 0 radical (unpaired) electrons. The largest absolute Gasteiger partial charge is 0.480 e. The Hall–Kier alpha value is -2.40. The first-order valence-electron chi connectivity index (χ1n) is 8.06. The standard InChI is InChI=1S/C19H21FN2O2/c1-14-11-16(20)7-8-17(14)22-10-9-21(18(13-22)19(23)24)12-15-5-3-2-4-6-15/h2-8,11,18H,9-10,12-13H2,1H3,(H,23,24). The second-order valence-electron chi connectivity index (χ2n) is 6.19. The predicted octanol–water partition coefficient (Wildman–Crippen LogP) is 2.91. The highest BCUT2D eigenvalue weighted by atomic mass is 19.1. The number of anilines is 1. The Labute approximate surface area is 141 Å². The normalized spacial score (nSPS) is 18.6. The number of nitrogens with zero attached hydrogens (tertiary/aromatic N) is 2. The summed E-state index contributed by atoms with van der Waals surface area (Å²) in [6.07, 6.45) is 0. The summed E-state index contributed by atoms with van der Waals surface area (Å²) in [7, 11) is 0. The minimum absolute atomic E-state index is 0.270. The van der Waals surface area contributed by atoms with E-state index in [9.17, 15) is 14.3 Å². The number of carbonyl (C=O) groups is 1. The van der Waals surface area contributed by atoms with E-state index in [1.807, 2.05) is 47.1 Å². The zero-order chi connectivity index (χ0) is 17.1. The van der Waals surface area contributed by atoms with Gasteiger partial charge in [-0.05, 0) is 36.2 Å². The summed E-state index contributed by atoms with van der Waals surface area (Å²) >= 11 is 0. The summed E-state index contributed by atoms with van der Waals surface area (Å²) in [5, 5.41) is 9.64. The van der Waals surface area contributed by atoms with E-state index in [4.69, 9.17) is 0 Å². The first-order chi connectivity index (χ1) is 11.5. The molecule has 1 N–H and O–H groups in total. The molecular formula is C19H21FN2O2. The van der Waals surface area contributed by atoms with Crippen molar-refractivity contribution >= 4 is 11.7 Å². The number of aryl methyl sites for hydroxylation is 1. The van der Waals surface area contributed by atoms with Gasteiger partial charge < -0.3 is 10.0 Å². The number of halogens is 1. The number of piperazine rings is 1. The molecule has 0 spiro atoms. The molecule has 1 atom stereocenters. The van der Waals surface area contributed by atoms with E-state index >= 15 is 0 Å². The molecule has 0 bridgehead atoms. The van der Waals surface area contributed by atoms with Crippen LogP contribution in [0.1, 0.15) is 11.1 Å². The second-order valence-corrected chi connectivity index (χ2v) is 6.19. The van der Waals surface area contributed by atoms with Crippen molar-refractivity contribution in [2.24, 2.45) is 0 Å². The monoisotopic (exact) mass is 328 g/mol. The Balaban J connectivity index is 1.77. The lowest BCUT2D eigenvalue weighted by molar-refractivity contribution is -0.143. The van der Waals surface area contributed by atoms with Crippen LogP contribution < -0.4 is 4.90 Å². The minimum Gasteiger partial charge on any atom is -0.480 e. The number of aliphatic carboxylic acids is 1. The molecule has 1 unspecified atom stereocenters. The Morgan fingerprint density at radius 1 is 1.21 bits per heavy atom. The van der Waals surface area contributed by atoms with Crippen LogP contribution >= 0.6 is 0 Å². The summed E-state index contributed by atoms with van der Waals surface area (Å²) in [6.45, 7) is 4.25. The maximum atomic E-state index is 13.3. The highest BCUT2D eigenvalue weighted by Crippen LogP contribution is 2.25. The van der Waals surface area contributed by atoms with Crippen molar-refractivity contribution in [1.29, 1.82) is 0 Å². The molecule has 24 heavy (non-hydrogen) atoms. The van der Waals surface area contributed by atoms with Crippen LogP contribution in [0.15, 0.2) is 48.5 Å². The van der Waals surface area contributed by atoms with Crippen LogP contribution in [-0.2, 0) is 11.3 Å². The minimum atomic E-state index is -0.824. The lowest BCUT2D eigenvalue weighted by Gasteiger charge is -2.41. The SMILES string of the molecule is Cc1cc(F)ccc1N1CCN(Cc2ccccc2)C(C(=O)O)C1. The van der Waals surface area contributed by atoms with Crippen molar-refractivity contribution in [2.45, 2.75) is 19.5 Å². The molecule has 0 amide bonds. The molecule has 4 nitrogen and oxygen atoms in total. The van der Waals surface area contributed by atoms with Gasteiger partial charge in [-0.3, -0.25) is 9.69 Å². The fourth-order valence-electron chi connectivity index (χ4n) is 3.25. The maximum absolute atomic E-state index is 13.3. The average molecular weight is 328 g/mol. The van der Waals surface area contributed by atoms with Crippen molar-refractivity contribution in [3.63, 3.8) is 0 Å². The molecule has 1 fully saturated rings. The second kappa shape index (κ2) is 7.01. The molecule has 0 aliphatic carbocycles. The van der Waals surface area contributed by atoms with Crippen molar-refractivity contribution in [3.05, 3.63) is 65.5 Å². The van der Waals surface area contributed by atoms with Gasteiger partial charge >= 0.3 is 5.97 Å². The van der Waals surface area contributed by atoms with Crippen molar-refractivity contribution < 1.29 is 14.3 Å². The van der Waals surface area contributed by atoms with Gasteiger partial charge in [0.2, 0.25) is 0 Å². The van der Waals surface area contributed by atoms with Gasteiger partial charge in [-0.2, -0.15) is 0 Å². The fourth-order valence-corrected chi connectivity index (χ4v) is 3.25. The Bertz CT molecular complexity index is 721. The van der Waals surface area contributed by atoms with Crippen LogP contribution in [0.2, 0.25) is 0 Å². The number of carboxylic acid groups (broad SMARTS) is 1. The van der Waals surface area contributed by atoms with E-state index in [0.29, 0.717) is 19.6 Å². The van der Waals surface area contributed by atoms with E-state index in [-0.39, 0.29) is 5.82 Å². The zero-order valence-electron chi connectivity index (χ0n) is 13.7. The Morgan fingerprint density at radius 3 is 2.62 bits per heavy atom. The van der Waals surface area contributed by atoms with E-state index in [1.165, 1.54) is 12.1 Å². The number of carboxylic acids is 1. The van der Waals surface area contributed by atoms with E-state index in [0.717, 1.165) is 23.4 Å². The molecule has 0 saturated carbocycles. The van der Waals surface area contributed by atoms with Gasteiger partial charge in [-0.1, -0.05) is 30.3 Å². The lowest BCUT2D eigenvalue weighted by Crippen LogP contribution is -2.56. The van der Waals surface area contributed by atoms with Gasteiger partial charge in [0, 0.05) is 31.9 Å². The summed E-state index contributed by atoms with van der Waals surface area (Å²) in [5.41, 5.74) is 2.84. The van der Waals surface area contributed by atoms with Crippen LogP contribution in [0.3, 0.4) is 0 Å². The molecule has 1 aliphatic rings. The molecular weight excluding hydrogens is 307 g/mol. The molecule has 126 valence electrons. The summed E-state index contributed by atoms with van der Waals surface area (Å²) in [4.78, 5) is 15.8. The molecule has 1 aliphatic heterocycles. The third kappa shape index (κ3) is 3.57. The summed E-state index contributed by atoms with van der Waals surface area (Å²) in [5.74, 6) is -1.09. The highest BCUT2D eigenvalue weighted by molar-refractivity contribution is 5.75. The van der Waals surface area contributed by atoms with Crippen LogP contribution in [-0.4, -0.2) is 41.7 Å². The summed E-state index contributed by atoms with van der Waals surface area (Å²) < 4.78 is 13.3. The highest BCUT2D eigenvalue weighted by Gasteiger charge is 2.32. The predicted molar refractivity (Wildman–Crippen MR) is 91.6 cm³/mol. The molecule has 2 aromatic carbocycles. The quantitative estimate of drug-likeness (QED) is 0.937. The van der Waals surface area contributed by atoms with Gasteiger partial charge in [0.15, 0.2) is 0 Å². The summed E-state index contributed by atoms with van der Waals surface area (Å²) in [6, 6.07) is 14.0. The Morgan fingerprint density at radius 2 is 1.96 bits per heavy atom. The van der Waals surface area contributed by atoms with E-state index in [2.05, 4.69) is 0 Å². The van der Waals surface area contributed by atoms with Crippen molar-refractivity contribution in [2.75, 3.05) is 24.5 Å². The first-order valence-corrected chi connectivity index (χ1v) is 8.06. The Kier molecular flexibility index (Phi) is 4.81. The van der Waals surface area contributed by atoms with E-state index in [1.54, 1.807) is 6.07 Å². The number of benzene rings is 2. The first kappa shape index (κ1) is 16.5. The topological polar surface area (TPSA) is 43.8 Å². The smallest absolute Gasteiger partial charge is 0.322 e. The van der Waals surface area contributed by atoms with Crippen LogP contribution in [0, 0.1) is 12.7 Å². The third-order valence-electron chi connectivity index (χ3n) is 4.50. The average Bonchev–Trinajstić information content (AvgIpc) is 2.56. The molecule has 5 heteroatoms. The molecule has 0 aromatic heterocycles. The number of hydrogen-bond donors (Lipinski definition) is 1. The number of hydrogen-bond acceptors (Lipinski definition) is 3. The van der Waals surface area contributed by atoms with Crippen molar-refractivity contribution in [1.82, 2.24) is 4.90 Å². The third-order valence-corrected chi connectivity index (χ3v) is 4.50. The van der Waals surface area contributed by atoms with E-state index < -0.39 is 12.0 Å². The van der Waals surface area contributed by atoms with Gasteiger partial charge in [0.05, 0.1) is 0 Å². The molecule has 3 rings (SSSR count). The molecule has 1 heterocycles. The fraction of sp³-hybridized carbons (Fsp3) is 0.316. The van der Waals surface area contributed by atoms with Crippen LogP contribution in [0.25, 0.3) is 0 Å². The number of rotatable bonds is 4. The molecule has 2 aromatic rings. The zero-order valence-corrected chi connectivity index (χ0v) is 13.7. The molecule has 1 saturated heterocycles. The van der Waals surface area contributed by atoms with Crippen LogP contribution in [0.5, 0.6) is 0 Å². The van der Waals surface area contributed by atoms with Gasteiger partial charge in [-0.25, -0.2) is 4.39 Å². The lowest BCUT2D eigenvalue weighted by atomic mass is 10.1. The van der Waals surface area contributed by atoms with Crippen molar-refractivity contribution in [3.8, 4) is 0 Å². The van der Waals surface area contributed by atoms with Crippen LogP contribution in [0.4, 0.5) is 10.1 Å². The van der Waals surface area contributed by atoms with Gasteiger partial charge in [0.1, 0.15) is 11.9 Å². The van der Waals surface area contributed by atoms with Gasteiger partial charge in [-0.15, -0.1) is 0 Å². The van der Waals surface area contributed by atoms with Gasteiger partial charge in [0.25, 0.3) is 0 Å².